The fourth-order valence-electron chi connectivity index (χ4n) is 2.31. The average Bonchev–Trinajstić information content (AvgIpc) is 3.07. The number of amides is 1. The highest BCUT2D eigenvalue weighted by atomic mass is 16.7. The highest BCUT2D eigenvalue weighted by molar-refractivity contribution is 5.91. The van der Waals surface area contributed by atoms with E-state index in [9.17, 15) is 4.79 Å². The van der Waals surface area contributed by atoms with Crippen molar-refractivity contribution < 1.29 is 19.0 Å². The molecule has 0 bridgehead atoms. The molecule has 2 aromatic carbocycles. The maximum atomic E-state index is 11.9. The molecule has 1 aliphatic rings. The number of ether oxygens (including phenoxy) is 3. The summed E-state index contributed by atoms with van der Waals surface area (Å²) in [5, 5.41) is 2.85. The fraction of sp³-hybridized carbons (Fsp3) is 0.211. The molecule has 0 radical (unpaired) electrons. The first kappa shape index (κ1) is 15.9. The highest BCUT2D eigenvalue weighted by Crippen LogP contribution is 2.32. The molecule has 0 aromatic heterocycles. The van der Waals surface area contributed by atoms with E-state index in [1.54, 1.807) is 6.08 Å². The van der Waals surface area contributed by atoms with Crippen molar-refractivity contribution in [2.24, 2.45) is 0 Å². The van der Waals surface area contributed by atoms with Gasteiger partial charge < -0.3 is 19.5 Å². The van der Waals surface area contributed by atoms with Crippen LogP contribution in [0.1, 0.15) is 18.1 Å². The van der Waals surface area contributed by atoms with Gasteiger partial charge >= 0.3 is 0 Å². The van der Waals surface area contributed by atoms with E-state index in [1.807, 2.05) is 49.4 Å². The van der Waals surface area contributed by atoms with Crippen LogP contribution in [0.4, 0.5) is 0 Å². The van der Waals surface area contributed by atoms with Crippen molar-refractivity contribution in [3.05, 3.63) is 59.7 Å². The Hall–Kier alpha value is -2.95. The van der Waals surface area contributed by atoms with Crippen molar-refractivity contribution >= 4 is 12.0 Å². The molecule has 3 rings (SSSR count). The second-order valence-corrected chi connectivity index (χ2v) is 5.24. The van der Waals surface area contributed by atoms with Gasteiger partial charge in [0.25, 0.3) is 0 Å². The number of carbonyl (C=O) groups excluding carboxylic acids is 1. The van der Waals surface area contributed by atoms with Gasteiger partial charge in [0.2, 0.25) is 12.7 Å². The van der Waals surface area contributed by atoms with E-state index in [0.717, 1.165) is 22.6 Å². The van der Waals surface area contributed by atoms with Crippen LogP contribution >= 0.6 is 0 Å². The van der Waals surface area contributed by atoms with Gasteiger partial charge in [-0.2, -0.15) is 0 Å². The summed E-state index contributed by atoms with van der Waals surface area (Å²) in [6.07, 6.45) is 3.25. The van der Waals surface area contributed by atoms with Crippen LogP contribution in [-0.2, 0) is 11.3 Å². The van der Waals surface area contributed by atoms with Gasteiger partial charge in [0, 0.05) is 12.6 Å². The second kappa shape index (κ2) is 7.55. The van der Waals surface area contributed by atoms with E-state index in [1.165, 1.54) is 6.08 Å². The first-order chi connectivity index (χ1) is 11.7. The lowest BCUT2D eigenvalue weighted by molar-refractivity contribution is -0.116. The minimum absolute atomic E-state index is 0.151. The van der Waals surface area contributed by atoms with Crippen molar-refractivity contribution in [2.45, 2.75) is 13.5 Å². The summed E-state index contributed by atoms with van der Waals surface area (Å²) in [4.78, 5) is 11.9. The number of benzene rings is 2. The summed E-state index contributed by atoms with van der Waals surface area (Å²) in [5.74, 6) is 2.11. The molecular weight excluding hydrogens is 306 g/mol. The molecule has 1 N–H and O–H groups in total. The Labute approximate surface area is 140 Å². The molecule has 0 saturated carbocycles. The van der Waals surface area contributed by atoms with E-state index >= 15 is 0 Å². The zero-order chi connectivity index (χ0) is 16.8. The number of rotatable bonds is 6. The minimum atomic E-state index is -0.151. The summed E-state index contributed by atoms with van der Waals surface area (Å²) >= 11 is 0. The summed E-state index contributed by atoms with van der Waals surface area (Å²) in [6.45, 7) is 3.29. The lowest BCUT2D eigenvalue weighted by atomic mass is 10.2. The first-order valence-electron chi connectivity index (χ1n) is 7.82. The van der Waals surface area contributed by atoms with Crippen molar-refractivity contribution in [1.29, 1.82) is 0 Å². The smallest absolute Gasteiger partial charge is 0.244 e. The molecular formula is C19H19NO4. The monoisotopic (exact) mass is 325 g/mol. The molecule has 5 nitrogen and oxygen atoms in total. The topological polar surface area (TPSA) is 56.8 Å². The number of hydrogen-bond acceptors (Lipinski definition) is 4. The standard InChI is InChI=1S/C19H19NO4/c1-2-22-16-7-3-15(4-8-16)12-20-19(21)10-6-14-5-9-17-18(11-14)24-13-23-17/h3-11H,2,12-13H2,1H3,(H,20,21)/b10-6+. The molecule has 2 aromatic rings. The Balaban J connectivity index is 1.51. The fourth-order valence-corrected chi connectivity index (χ4v) is 2.31. The van der Waals surface area contributed by atoms with Crippen LogP contribution in [0.5, 0.6) is 17.2 Å². The van der Waals surface area contributed by atoms with E-state index in [0.29, 0.717) is 18.9 Å². The molecule has 0 saturated heterocycles. The van der Waals surface area contributed by atoms with Gasteiger partial charge in [-0.25, -0.2) is 0 Å². The molecule has 0 aliphatic carbocycles. The SMILES string of the molecule is CCOc1ccc(CNC(=O)/C=C/c2ccc3c(c2)OCO3)cc1. The molecule has 5 heteroatoms. The van der Waals surface area contributed by atoms with Crippen molar-refractivity contribution in [3.8, 4) is 17.2 Å². The van der Waals surface area contributed by atoms with E-state index in [2.05, 4.69) is 5.32 Å². The third kappa shape index (κ3) is 4.07. The van der Waals surface area contributed by atoms with Crippen molar-refractivity contribution in [3.63, 3.8) is 0 Å². The number of carbonyl (C=O) groups is 1. The molecule has 0 unspecified atom stereocenters. The van der Waals surface area contributed by atoms with Crippen LogP contribution < -0.4 is 19.5 Å². The van der Waals surface area contributed by atoms with Crippen LogP contribution in [0.2, 0.25) is 0 Å². The number of nitrogens with one attached hydrogen (secondary N) is 1. The Morgan fingerprint density at radius 2 is 1.96 bits per heavy atom. The Morgan fingerprint density at radius 3 is 2.75 bits per heavy atom. The molecule has 0 spiro atoms. The summed E-state index contributed by atoms with van der Waals surface area (Å²) in [7, 11) is 0. The molecule has 1 amide bonds. The predicted octanol–water partition coefficient (Wildman–Crippen LogP) is 3.14. The Morgan fingerprint density at radius 1 is 1.17 bits per heavy atom. The molecule has 24 heavy (non-hydrogen) atoms. The van der Waals surface area contributed by atoms with Gasteiger partial charge in [0.05, 0.1) is 6.61 Å². The van der Waals surface area contributed by atoms with Gasteiger partial charge in [0.15, 0.2) is 11.5 Å². The zero-order valence-electron chi connectivity index (χ0n) is 13.5. The minimum Gasteiger partial charge on any atom is -0.494 e. The third-order valence-corrected chi connectivity index (χ3v) is 3.52. The average molecular weight is 325 g/mol. The van der Waals surface area contributed by atoms with Gasteiger partial charge in [-0.15, -0.1) is 0 Å². The molecule has 1 aliphatic heterocycles. The van der Waals surface area contributed by atoms with Crippen LogP contribution in [0, 0.1) is 0 Å². The summed E-state index contributed by atoms with van der Waals surface area (Å²) in [6, 6.07) is 13.2. The number of fused-ring (bicyclic) bond motifs is 1. The van der Waals surface area contributed by atoms with Gasteiger partial charge in [-0.1, -0.05) is 18.2 Å². The summed E-state index contributed by atoms with van der Waals surface area (Å²) < 4.78 is 16.0. The van der Waals surface area contributed by atoms with E-state index in [-0.39, 0.29) is 12.7 Å². The third-order valence-electron chi connectivity index (χ3n) is 3.52. The Bertz CT molecular complexity index is 738. The number of hydrogen-bond donors (Lipinski definition) is 1. The van der Waals surface area contributed by atoms with Crippen molar-refractivity contribution in [2.75, 3.05) is 13.4 Å². The van der Waals surface area contributed by atoms with Crippen LogP contribution in [0.25, 0.3) is 6.08 Å². The van der Waals surface area contributed by atoms with E-state index in [4.69, 9.17) is 14.2 Å². The normalized spacial score (nSPS) is 12.4. The maximum absolute atomic E-state index is 11.9. The quantitative estimate of drug-likeness (QED) is 0.829. The molecule has 124 valence electrons. The summed E-state index contributed by atoms with van der Waals surface area (Å²) in [5.41, 5.74) is 1.90. The van der Waals surface area contributed by atoms with Gasteiger partial charge in [0.1, 0.15) is 5.75 Å². The van der Waals surface area contributed by atoms with Crippen LogP contribution in [0.3, 0.4) is 0 Å². The molecule has 1 heterocycles. The molecule has 0 atom stereocenters. The zero-order valence-corrected chi connectivity index (χ0v) is 13.5. The van der Waals surface area contributed by atoms with Gasteiger partial charge in [-0.3, -0.25) is 4.79 Å². The second-order valence-electron chi connectivity index (χ2n) is 5.24. The predicted molar refractivity (Wildman–Crippen MR) is 91.1 cm³/mol. The van der Waals surface area contributed by atoms with Crippen LogP contribution in [-0.4, -0.2) is 19.3 Å². The van der Waals surface area contributed by atoms with Gasteiger partial charge in [-0.05, 0) is 48.4 Å². The lowest BCUT2D eigenvalue weighted by Gasteiger charge is -2.05. The largest absolute Gasteiger partial charge is 0.494 e. The molecule has 0 fully saturated rings. The highest BCUT2D eigenvalue weighted by Gasteiger charge is 2.12. The Kier molecular flexibility index (Phi) is 5.01. The van der Waals surface area contributed by atoms with Crippen LogP contribution in [0.15, 0.2) is 48.5 Å². The van der Waals surface area contributed by atoms with Crippen molar-refractivity contribution in [1.82, 2.24) is 5.32 Å². The lowest BCUT2D eigenvalue weighted by Crippen LogP contribution is -2.20. The maximum Gasteiger partial charge on any atom is 0.244 e. The van der Waals surface area contributed by atoms with E-state index < -0.39 is 0 Å². The first-order valence-corrected chi connectivity index (χ1v) is 7.82.